The highest BCUT2D eigenvalue weighted by Crippen LogP contribution is 2.37. The van der Waals surface area contributed by atoms with Crippen molar-refractivity contribution in [3.8, 4) is 0 Å². The molecule has 4 nitrogen and oxygen atoms in total. The summed E-state index contributed by atoms with van der Waals surface area (Å²) in [6, 6.07) is 0. The van der Waals surface area contributed by atoms with Crippen LogP contribution in [0.1, 0.15) is 13.3 Å². The van der Waals surface area contributed by atoms with E-state index in [1.165, 1.54) is 0 Å². The molecule has 1 saturated carbocycles. The first-order valence-corrected chi connectivity index (χ1v) is 3.60. The van der Waals surface area contributed by atoms with Crippen LogP contribution < -0.4 is 5.32 Å². The number of carboxylic acids is 1. The van der Waals surface area contributed by atoms with Crippen molar-refractivity contribution < 1.29 is 14.7 Å². The third-order valence-corrected chi connectivity index (χ3v) is 1.86. The Bertz CT molecular complexity index is 190. The number of carboxylic acid groups (broad SMARTS) is 1. The molecule has 0 aromatic heterocycles. The number of nitrogens with one attached hydrogen (secondary N) is 1. The van der Waals surface area contributed by atoms with Gasteiger partial charge >= 0.3 is 5.97 Å². The number of carbonyl (C=O) groups excluding carboxylic acids is 1. The molecule has 0 aromatic rings. The SMILES string of the molecule is C[C@@H]1C[C@@H]1C(=O)NCC(=O)O. The molecule has 1 rings (SSSR count). The van der Waals surface area contributed by atoms with Crippen molar-refractivity contribution in [1.82, 2.24) is 5.32 Å². The van der Waals surface area contributed by atoms with Gasteiger partial charge in [-0.05, 0) is 12.3 Å². The maximum atomic E-state index is 10.9. The van der Waals surface area contributed by atoms with Gasteiger partial charge < -0.3 is 10.4 Å². The Labute approximate surface area is 64.6 Å². The molecule has 0 radical (unpaired) electrons. The van der Waals surface area contributed by atoms with Gasteiger partial charge in [-0.1, -0.05) is 6.92 Å². The molecular formula is C7H11NO3. The van der Waals surface area contributed by atoms with Crippen molar-refractivity contribution in [3.63, 3.8) is 0 Å². The molecule has 1 aliphatic rings. The second kappa shape index (κ2) is 2.90. The summed E-state index contributed by atoms with van der Waals surface area (Å²) in [6.07, 6.45) is 0.894. The summed E-state index contributed by atoms with van der Waals surface area (Å²) in [5, 5.41) is 10.6. The van der Waals surface area contributed by atoms with Crippen molar-refractivity contribution in [2.24, 2.45) is 11.8 Å². The number of aliphatic carboxylic acids is 1. The zero-order chi connectivity index (χ0) is 8.43. The first-order chi connectivity index (χ1) is 5.11. The Morgan fingerprint density at radius 2 is 2.18 bits per heavy atom. The highest BCUT2D eigenvalue weighted by Gasteiger charge is 2.38. The molecule has 2 atom stereocenters. The zero-order valence-electron chi connectivity index (χ0n) is 6.33. The lowest BCUT2D eigenvalue weighted by atomic mass is 10.3. The topological polar surface area (TPSA) is 66.4 Å². The Balaban J connectivity index is 2.17. The van der Waals surface area contributed by atoms with Gasteiger partial charge in [0.25, 0.3) is 0 Å². The highest BCUT2D eigenvalue weighted by atomic mass is 16.4. The average molecular weight is 157 g/mol. The van der Waals surface area contributed by atoms with Crippen LogP contribution in [0.4, 0.5) is 0 Å². The van der Waals surface area contributed by atoms with Crippen LogP contribution in [-0.2, 0) is 9.59 Å². The second-order valence-electron chi connectivity index (χ2n) is 2.93. The van der Waals surface area contributed by atoms with Crippen molar-refractivity contribution in [1.29, 1.82) is 0 Å². The normalized spacial score (nSPS) is 27.7. The van der Waals surface area contributed by atoms with E-state index in [2.05, 4.69) is 5.32 Å². The van der Waals surface area contributed by atoms with Gasteiger partial charge in [0.2, 0.25) is 5.91 Å². The molecule has 11 heavy (non-hydrogen) atoms. The summed E-state index contributed by atoms with van der Waals surface area (Å²) in [4.78, 5) is 21.0. The summed E-state index contributed by atoms with van der Waals surface area (Å²) in [6.45, 7) is 1.72. The molecule has 62 valence electrons. The number of hydrogen-bond donors (Lipinski definition) is 2. The van der Waals surface area contributed by atoms with E-state index >= 15 is 0 Å². The lowest BCUT2D eigenvalue weighted by Gasteiger charge is -1.98. The van der Waals surface area contributed by atoms with Crippen LogP contribution in [0.5, 0.6) is 0 Å². The lowest BCUT2D eigenvalue weighted by Crippen LogP contribution is -2.30. The van der Waals surface area contributed by atoms with Gasteiger partial charge in [-0.25, -0.2) is 0 Å². The number of hydrogen-bond acceptors (Lipinski definition) is 2. The van der Waals surface area contributed by atoms with E-state index in [1.807, 2.05) is 6.92 Å². The van der Waals surface area contributed by atoms with Crippen molar-refractivity contribution in [3.05, 3.63) is 0 Å². The predicted molar refractivity (Wildman–Crippen MR) is 37.9 cm³/mol. The fourth-order valence-corrected chi connectivity index (χ4v) is 0.981. The van der Waals surface area contributed by atoms with E-state index in [4.69, 9.17) is 5.11 Å². The Kier molecular flexibility index (Phi) is 2.12. The summed E-state index contributed by atoms with van der Waals surface area (Å²) in [5.74, 6) is -0.621. The summed E-state index contributed by atoms with van der Waals surface area (Å²) in [7, 11) is 0. The predicted octanol–water partition coefficient (Wildman–Crippen LogP) is -0.157. The molecule has 1 fully saturated rings. The quantitative estimate of drug-likeness (QED) is 0.598. The maximum Gasteiger partial charge on any atom is 0.322 e. The minimum Gasteiger partial charge on any atom is -0.480 e. The maximum absolute atomic E-state index is 10.9. The van der Waals surface area contributed by atoms with Gasteiger partial charge in [-0.2, -0.15) is 0 Å². The molecular weight excluding hydrogens is 146 g/mol. The van der Waals surface area contributed by atoms with Gasteiger partial charge in [0.15, 0.2) is 0 Å². The van der Waals surface area contributed by atoms with Crippen LogP contribution in [0.15, 0.2) is 0 Å². The molecule has 0 spiro atoms. The van der Waals surface area contributed by atoms with Crippen LogP contribution in [-0.4, -0.2) is 23.5 Å². The standard InChI is InChI=1S/C7H11NO3/c1-4-2-5(4)7(11)8-3-6(9)10/h4-5H,2-3H2,1H3,(H,8,11)(H,9,10)/t4-,5+/m1/s1. The molecule has 2 N–H and O–H groups in total. The molecule has 4 heteroatoms. The molecule has 0 bridgehead atoms. The lowest BCUT2D eigenvalue weighted by molar-refractivity contribution is -0.138. The number of carbonyl (C=O) groups is 2. The smallest absolute Gasteiger partial charge is 0.322 e. The van der Waals surface area contributed by atoms with Crippen molar-refractivity contribution >= 4 is 11.9 Å². The van der Waals surface area contributed by atoms with Gasteiger partial charge in [-0.3, -0.25) is 9.59 Å². The molecule has 0 aliphatic heterocycles. The number of rotatable bonds is 3. The van der Waals surface area contributed by atoms with E-state index in [0.29, 0.717) is 5.92 Å². The molecule has 0 unspecified atom stereocenters. The van der Waals surface area contributed by atoms with Crippen LogP contribution >= 0.6 is 0 Å². The Hall–Kier alpha value is -1.06. The Morgan fingerprint density at radius 3 is 2.55 bits per heavy atom. The molecule has 0 heterocycles. The van der Waals surface area contributed by atoms with E-state index in [-0.39, 0.29) is 18.4 Å². The number of amides is 1. The molecule has 0 saturated heterocycles. The summed E-state index contributed by atoms with van der Waals surface area (Å²) >= 11 is 0. The molecule has 1 amide bonds. The summed E-state index contributed by atoms with van der Waals surface area (Å²) in [5.41, 5.74) is 0. The van der Waals surface area contributed by atoms with Crippen molar-refractivity contribution in [2.75, 3.05) is 6.54 Å². The fraction of sp³-hybridized carbons (Fsp3) is 0.714. The van der Waals surface area contributed by atoms with Crippen molar-refractivity contribution in [2.45, 2.75) is 13.3 Å². The third kappa shape index (κ3) is 2.22. The third-order valence-electron chi connectivity index (χ3n) is 1.86. The zero-order valence-corrected chi connectivity index (χ0v) is 6.33. The average Bonchev–Trinajstić information content (AvgIpc) is 2.61. The molecule has 1 aliphatic carbocycles. The van der Waals surface area contributed by atoms with Crippen LogP contribution in [0.25, 0.3) is 0 Å². The van der Waals surface area contributed by atoms with Gasteiger partial charge in [0, 0.05) is 5.92 Å². The van der Waals surface area contributed by atoms with Gasteiger partial charge in [0.05, 0.1) is 0 Å². The van der Waals surface area contributed by atoms with Crippen LogP contribution in [0, 0.1) is 11.8 Å². The first kappa shape index (κ1) is 8.04. The monoisotopic (exact) mass is 157 g/mol. The van der Waals surface area contributed by atoms with E-state index < -0.39 is 5.97 Å². The minimum absolute atomic E-state index is 0.0642. The Morgan fingerprint density at radius 1 is 1.64 bits per heavy atom. The van der Waals surface area contributed by atoms with Gasteiger partial charge in [0.1, 0.15) is 6.54 Å². The van der Waals surface area contributed by atoms with E-state index in [0.717, 1.165) is 6.42 Å². The summed E-state index contributed by atoms with van der Waals surface area (Å²) < 4.78 is 0. The second-order valence-corrected chi connectivity index (χ2v) is 2.93. The minimum atomic E-state index is -0.994. The van der Waals surface area contributed by atoms with Crippen LogP contribution in [0.2, 0.25) is 0 Å². The van der Waals surface area contributed by atoms with Gasteiger partial charge in [-0.15, -0.1) is 0 Å². The molecule has 0 aromatic carbocycles. The fourth-order valence-electron chi connectivity index (χ4n) is 0.981. The van der Waals surface area contributed by atoms with E-state index in [1.54, 1.807) is 0 Å². The van der Waals surface area contributed by atoms with E-state index in [9.17, 15) is 9.59 Å². The first-order valence-electron chi connectivity index (χ1n) is 3.60. The van der Waals surface area contributed by atoms with Crippen LogP contribution in [0.3, 0.4) is 0 Å². The largest absolute Gasteiger partial charge is 0.480 e. The highest BCUT2D eigenvalue weighted by molar-refractivity contribution is 5.84.